The van der Waals surface area contributed by atoms with Crippen LogP contribution in [0.1, 0.15) is 80.7 Å². The highest BCUT2D eigenvalue weighted by molar-refractivity contribution is 7.85. The Morgan fingerprint density at radius 2 is 1.95 bits per heavy atom. The minimum Gasteiger partial charge on any atom is -0.342 e. The van der Waals surface area contributed by atoms with Crippen molar-refractivity contribution < 1.29 is 31.0 Å². The van der Waals surface area contributed by atoms with Crippen molar-refractivity contribution in [2.45, 2.75) is 82.3 Å². The Hall–Kier alpha value is -3.30. The molecule has 0 saturated heterocycles. The van der Waals surface area contributed by atoms with Gasteiger partial charge in [-0.1, -0.05) is 5.21 Å². The number of imidazole rings is 1. The molecule has 1 amide bonds. The third kappa shape index (κ3) is 7.46. The van der Waals surface area contributed by atoms with E-state index in [-0.39, 0.29) is 31.4 Å². The number of hydrogen-bond acceptors (Lipinski definition) is 6. The zero-order valence-corrected chi connectivity index (χ0v) is 22.8. The maximum Gasteiger partial charge on any atom is 0.390 e. The van der Waals surface area contributed by atoms with Gasteiger partial charge in [-0.25, -0.2) is 27.2 Å². The number of halogens is 5. The molecule has 1 saturated carbocycles. The van der Waals surface area contributed by atoms with Crippen molar-refractivity contribution in [3.05, 3.63) is 41.6 Å². The number of hydrogen-bond donors (Lipinski definition) is 1. The van der Waals surface area contributed by atoms with Gasteiger partial charge in [-0.2, -0.15) is 22.7 Å². The molecule has 2 atom stereocenters. The van der Waals surface area contributed by atoms with E-state index in [0.29, 0.717) is 16.9 Å². The molecule has 0 spiro atoms. The second kappa shape index (κ2) is 11.3. The van der Waals surface area contributed by atoms with Crippen molar-refractivity contribution in [3.8, 4) is 0 Å². The fourth-order valence-electron chi connectivity index (χ4n) is 4.27. The van der Waals surface area contributed by atoms with E-state index in [0.717, 1.165) is 10.9 Å². The van der Waals surface area contributed by atoms with Crippen molar-refractivity contribution in [1.82, 2.24) is 34.9 Å². The molecule has 3 aromatic heterocycles. The third-order valence-electron chi connectivity index (χ3n) is 6.48. The van der Waals surface area contributed by atoms with Crippen LogP contribution < -0.4 is 5.32 Å². The molecule has 0 bridgehead atoms. The van der Waals surface area contributed by atoms with Crippen LogP contribution >= 0.6 is 0 Å². The molecule has 1 aliphatic carbocycles. The lowest BCUT2D eigenvalue weighted by atomic mass is 9.81. The van der Waals surface area contributed by atoms with Gasteiger partial charge in [0.1, 0.15) is 16.7 Å². The minimum absolute atomic E-state index is 0.0986. The summed E-state index contributed by atoms with van der Waals surface area (Å²) in [6, 6.07) is 0.811. The van der Waals surface area contributed by atoms with Gasteiger partial charge in [0.15, 0.2) is 5.65 Å². The van der Waals surface area contributed by atoms with E-state index < -0.39 is 58.7 Å². The van der Waals surface area contributed by atoms with Gasteiger partial charge in [0.25, 0.3) is 5.91 Å². The second-order valence-corrected chi connectivity index (χ2v) is 12.6. The molecule has 1 N–H and O–H groups in total. The predicted octanol–water partition coefficient (Wildman–Crippen LogP) is 4.45. The Balaban J connectivity index is 1.61. The number of amides is 1. The van der Waals surface area contributed by atoms with Crippen molar-refractivity contribution in [3.63, 3.8) is 0 Å². The molecule has 16 heteroatoms. The number of nitrogens with zero attached hydrogens (tertiary/aromatic N) is 7. The molecule has 0 aromatic carbocycles. The summed E-state index contributed by atoms with van der Waals surface area (Å²) < 4.78 is 84.1. The largest absolute Gasteiger partial charge is 0.390 e. The first-order chi connectivity index (χ1) is 18.6. The SMILES string of the molecule is CC(C)(C)S(=O)/N=C/c1cnn2cc([C@@H](NC(=O)c3cnnn3CCC(F)(F)F)C3CCC(F)(F)CC3)nc2c1. The number of rotatable bonds is 8. The molecule has 1 aliphatic rings. The molecular formula is C24H29F5N8O2S. The molecule has 40 heavy (non-hydrogen) atoms. The van der Waals surface area contributed by atoms with E-state index in [9.17, 15) is 31.0 Å². The Kier molecular flexibility index (Phi) is 8.38. The van der Waals surface area contributed by atoms with E-state index in [4.69, 9.17) is 0 Å². The van der Waals surface area contributed by atoms with Crippen molar-refractivity contribution in [2.24, 2.45) is 10.3 Å². The molecule has 3 heterocycles. The molecule has 0 aliphatic heterocycles. The zero-order chi connectivity index (χ0) is 29.3. The van der Waals surface area contributed by atoms with Crippen LogP contribution in [0.2, 0.25) is 0 Å². The van der Waals surface area contributed by atoms with Crippen molar-refractivity contribution >= 4 is 28.8 Å². The second-order valence-electron chi connectivity index (χ2n) is 10.7. The van der Waals surface area contributed by atoms with Crippen LogP contribution in [0.5, 0.6) is 0 Å². The van der Waals surface area contributed by atoms with E-state index in [2.05, 4.69) is 30.1 Å². The summed E-state index contributed by atoms with van der Waals surface area (Å²) in [5.74, 6) is -3.98. The van der Waals surface area contributed by atoms with Crippen molar-refractivity contribution in [2.75, 3.05) is 0 Å². The van der Waals surface area contributed by atoms with Crippen LogP contribution in [0.4, 0.5) is 22.0 Å². The highest BCUT2D eigenvalue weighted by atomic mass is 32.2. The van der Waals surface area contributed by atoms with Crippen LogP contribution in [0.15, 0.2) is 29.1 Å². The molecule has 0 radical (unpaired) electrons. The van der Waals surface area contributed by atoms with Crippen LogP contribution in [-0.4, -0.2) is 62.8 Å². The lowest BCUT2D eigenvalue weighted by Gasteiger charge is -2.33. The molecule has 1 fully saturated rings. The summed E-state index contributed by atoms with van der Waals surface area (Å²) in [5, 5.41) is 14.2. The summed E-state index contributed by atoms with van der Waals surface area (Å²) in [5.41, 5.74) is 1.05. The first-order valence-corrected chi connectivity index (χ1v) is 13.7. The van der Waals surface area contributed by atoms with Gasteiger partial charge >= 0.3 is 6.18 Å². The molecule has 10 nitrogen and oxygen atoms in total. The Bertz CT molecular complexity index is 1400. The summed E-state index contributed by atoms with van der Waals surface area (Å²) in [6.07, 6.45) is -0.686. The molecule has 1 unspecified atom stereocenters. The first kappa shape index (κ1) is 29.7. The highest BCUT2D eigenvalue weighted by Crippen LogP contribution is 2.41. The number of fused-ring (bicyclic) bond motifs is 1. The average Bonchev–Trinajstić information content (AvgIpc) is 3.50. The van der Waals surface area contributed by atoms with E-state index >= 15 is 0 Å². The average molecular weight is 589 g/mol. The molecular weight excluding hydrogens is 559 g/mol. The summed E-state index contributed by atoms with van der Waals surface area (Å²) in [4.78, 5) is 17.7. The van der Waals surface area contributed by atoms with E-state index in [1.807, 2.05) is 0 Å². The Morgan fingerprint density at radius 3 is 2.60 bits per heavy atom. The van der Waals surface area contributed by atoms with Crippen LogP contribution in [0, 0.1) is 5.92 Å². The van der Waals surface area contributed by atoms with Gasteiger partial charge in [0.05, 0.1) is 48.0 Å². The minimum atomic E-state index is -4.45. The van der Waals surface area contributed by atoms with Crippen LogP contribution in [-0.2, 0) is 17.5 Å². The third-order valence-corrected chi connectivity index (χ3v) is 7.82. The number of aryl methyl sites for hydroxylation is 1. The number of aromatic nitrogens is 6. The molecule has 3 aromatic rings. The number of alkyl halides is 5. The topological polar surface area (TPSA) is 119 Å². The summed E-state index contributed by atoms with van der Waals surface area (Å²) in [7, 11) is -1.48. The Labute approximate surface area is 229 Å². The Morgan fingerprint density at radius 1 is 1.25 bits per heavy atom. The smallest absolute Gasteiger partial charge is 0.342 e. The van der Waals surface area contributed by atoms with Gasteiger partial charge in [0, 0.05) is 24.6 Å². The van der Waals surface area contributed by atoms with Gasteiger partial charge in [-0.15, -0.1) is 5.10 Å². The van der Waals surface area contributed by atoms with Crippen LogP contribution in [0.3, 0.4) is 0 Å². The maximum absolute atomic E-state index is 13.9. The monoisotopic (exact) mass is 588 g/mol. The van der Waals surface area contributed by atoms with Gasteiger partial charge in [-0.05, 0) is 45.6 Å². The fourth-order valence-corrected chi connectivity index (χ4v) is 4.81. The number of carbonyl (C=O) groups excluding carboxylic acids is 1. The summed E-state index contributed by atoms with van der Waals surface area (Å²) >= 11 is 0. The van der Waals surface area contributed by atoms with Crippen molar-refractivity contribution in [1.29, 1.82) is 0 Å². The zero-order valence-electron chi connectivity index (χ0n) is 22.0. The highest BCUT2D eigenvalue weighted by Gasteiger charge is 2.39. The quantitative estimate of drug-likeness (QED) is 0.307. The van der Waals surface area contributed by atoms with Gasteiger partial charge in [-0.3, -0.25) is 4.79 Å². The number of carbonyl (C=O) groups is 1. The lowest BCUT2D eigenvalue weighted by Crippen LogP contribution is -2.38. The standard InChI is InChI=1S/C24H29F5N8O2S/c1-22(2,3)40(39)32-12-15-10-19-33-17(14-37(19)31-11-15)20(16-4-6-23(25,26)7-5-16)34-21(38)18-13-30-35-36(18)9-8-24(27,28)29/h10-14,16,20H,4-9H2,1-3H3,(H,34,38)/b32-12+/t20-,40?/m0/s1. The molecule has 218 valence electrons. The maximum atomic E-state index is 13.9. The normalized spacial score (nSPS) is 18.3. The lowest BCUT2D eigenvalue weighted by molar-refractivity contribution is -0.137. The summed E-state index contributed by atoms with van der Waals surface area (Å²) in [6.45, 7) is 4.77. The fraction of sp³-hybridized carbons (Fsp3) is 0.583. The molecule has 4 rings (SSSR count). The van der Waals surface area contributed by atoms with Gasteiger partial charge < -0.3 is 5.32 Å². The predicted molar refractivity (Wildman–Crippen MR) is 136 cm³/mol. The van der Waals surface area contributed by atoms with E-state index in [1.165, 1.54) is 16.9 Å². The van der Waals surface area contributed by atoms with Gasteiger partial charge in [0.2, 0.25) is 5.92 Å². The first-order valence-electron chi connectivity index (χ1n) is 12.6. The van der Waals surface area contributed by atoms with E-state index in [1.54, 1.807) is 33.0 Å². The van der Waals surface area contributed by atoms with Crippen LogP contribution in [0.25, 0.3) is 5.65 Å². The number of nitrogens with one attached hydrogen (secondary N) is 1.